The van der Waals surface area contributed by atoms with Gasteiger partial charge in [0.2, 0.25) is 0 Å². The third kappa shape index (κ3) is 3.43. The lowest BCUT2D eigenvalue weighted by Gasteiger charge is -2.05. The van der Waals surface area contributed by atoms with Crippen molar-refractivity contribution in [3.05, 3.63) is 80.5 Å². The molecule has 6 nitrogen and oxygen atoms in total. The van der Waals surface area contributed by atoms with Crippen LogP contribution < -0.4 is 10.7 Å². The van der Waals surface area contributed by atoms with Crippen LogP contribution in [0.5, 0.6) is 0 Å². The van der Waals surface area contributed by atoms with E-state index in [9.17, 15) is 19.1 Å². The molecule has 0 saturated heterocycles. The fourth-order valence-corrected chi connectivity index (χ4v) is 2.57. The maximum absolute atomic E-state index is 13.0. The van der Waals surface area contributed by atoms with E-state index in [0.717, 1.165) is 0 Å². The molecule has 0 fully saturated rings. The van der Waals surface area contributed by atoms with E-state index in [0.29, 0.717) is 22.6 Å². The predicted molar refractivity (Wildman–Crippen MR) is 94.1 cm³/mol. The number of aromatic carboxylic acids is 1. The Morgan fingerprint density at radius 1 is 1.27 bits per heavy atom. The van der Waals surface area contributed by atoms with E-state index >= 15 is 0 Å². The largest absolute Gasteiger partial charge is 0.545 e. The van der Waals surface area contributed by atoms with Crippen LogP contribution >= 0.6 is 11.6 Å². The summed E-state index contributed by atoms with van der Waals surface area (Å²) in [6.07, 6.45) is 1.33. The van der Waals surface area contributed by atoms with E-state index in [-0.39, 0.29) is 16.1 Å². The first-order valence-electron chi connectivity index (χ1n) is 7.49. The third-order valence-corrected chi connectivity index (χ3v) is 4.04. The van der Waals surface area contributed by atoms with Gasteiger partial charge in [0, 0.05) is 22.5 Å². The molecule has 0 aliphatic heterocycles. The predicted octanol–water partition coefficient (Wildman–Crippen LogP) is 2.38. The second-order valence-corrected chi connectivity index (χ2v) is 5.88. The lowest BCUT2D eigenvalue weighted by molar-refractivity contribution is -0.255. The number of hydrogen-bond acceptors (Lipinski definition) is 4. The molecule has 1 aromatic heterocycles. The van der Waals surface area contributed by atoms with E-state index in [1.165, 1.54) is 53.4 Å². The molecule has 0 spiro atoms. The minimum absolute atomic E-state index is 0.0421. The minimum Gasteiger partial charge on any atom is -0.545 e. The summed E-state index contributed by atoms with van der Waals surface area (Å²) in [5.41, 5.74) is 1.08. The Kier molecular flexibility index (Phi) is 4.73. The molecule has 0 unspecified atom stereocenters. The number of hydrogen-bond donors (Lipinski definition) is 1. The number of carbonyl (C=O) groups excluding carboxylic acids is 1. The average Bonchev–Trinajstić information content (AvgIpc) is 2.89. The van der Waals surface area contributed by atoms with Crippen molar-refractivity contribution in [3.8, 4) is 5.69 Å². The SMILES string of the molecule is Cc1[nH]n(-c2ccc(F)cc2)c(=O)c1C=Nc1ccc(Cl)c(C(=O)[O-])c1. The first-order chi connectivity index (χ1) is 12.4. The molecule has 0 atom stereocenters. The summed E-state index contributed by atoms with van der Waals surface area (Å²) in [6, 6.07) is 9.61. The zero-order valence-corrected chi connectivity index (χ0v) is 14.2. The first-order valence-corrected chi connectivity index (χ1v) is 7.87. The van der Waals surface area contributed by atoms with Gasteiger partial charge < -0.3 is 9.90 Å². The van der Waals surface area contributed by atoms with Crippen LogP contribution in [0.1, 0.15) is 21.6 Å². The zero-order valence-electron chi connectivity index (χ0n) is 13.5. The molecule has 26 heavy (non-hydrogen) atoms. The number of aryl methyl sites for hydroxylation is 1. The minimum atomic E-state index is -1.41. The number of carboxylic acid groups (broad SMARTS) is 1. The molecule has 3 aromatic rings. The van der Waals surface area contributed by atoms with Crippen molar-refractivity contribution in [1.82, 2.24) is 9.78 Å². The van der Waals surface area contributed by atoms with Gasteiger partial charge in [-0.2, -0.15) is 0 Å². The van der Waals surface area contributed by atoms with E-state index in [1.807, 2.05) is 0 Å². The van der Waals surface area contributed by atoms with Crippen LogP contribution in [0.15, 0.2) is 52.3 Å². The van der Waals surface area contributed by atoms with Gasteiger partial charge in [0.25, 0.3) is 5.56 Å². The molecule has 3 rings (SSSR count). The van der Waals surface area contributed by atoms with Crippen molar-refractivity contribution in [1.29, 1.82) is 0 Å². The van der Waals surface area contributed by atoms with E-state index < -0.39 is 11.8 Å². The van der Waals surface area contributed by atoms with Gasteiger partial charge in [-0.3, -0.25) is 14.9 Å². The Morgan fingerprint density at radius 2 is 1.96 bits per heavy atom. The number of rotatable bonds is 4. The summed E-state index contributed by atoms with van der Waals surface area (Å²) in [4.78, 5) is 27.7. The highest BCUT2D eigenvalue weighted by molar-refractivity contribution is 6.33. The van der Waals surface area contributed by atoms with E-state index in [2.05, 4.69) is 10.1 Å². The quantitative estimate of drug-likeness (QED) is 0.713. The van der Waals surface area contributed by atoms with Gasteiger partial charge in [-0.05, 0) is 49.4 Å². The lowest BCUT2D eigenvalue weighted by Crippen LogP contribution is -2.22. The standard InChI is InChI=1S/C18H13ClFN3O3/c1-10-15(9-21-12-4-7-16(19)14(8-12)18(25)26)17(24)23(22-10)13-5-2-11(20)3-6-13/h2-9,22H,1H3,(H,25,26)/p-1. The molecule has 1 N–H and O–H groups in total. The van der Waals surface area contributed by atoms with Gasteiger partial charge in [-0.25, -0.2) is 9.07 Å². The molecule has 0 bridgehead atoms. The molecule has 0 aliphatic carbocycles. The summed E-state index contributed by atoms with van der Waals surface area (Å²) in [7, 11) is 0. The van der Waals surface area contributed by atoms with Gasteiger partial charge in [-0.1, -0.05) is 11.6 Å². The van der Waals surface area contributed by atoms with Crippen LogP contribution in [0.4, 0.5) is 10.1 Å². The number of aromatic amines is 1. The highest BCUT2D eigenvalue weighted by atomic mass is 35.5. The van der Waals surface area contributed by atoms with E-state index in [4.69, 9.17) is 11.6 Å². The van der Waals surface area contributed by atoms with E-state index in [1.54, 1.807) is 6.92 Å². The molecule has 1 heterocycles. The maximum atomic E-state index is 13.0. The Hall–Kier alpha value is -3.19. The molecule has 8 heteroatoms. The average molecular weight is 373 g/mol. The summed E-state index contributed by atoms with van der Waals surface area (Å²) in [6.45, 7) is 1.69. The van der Waals surface area contributed by atoms with Gasteiger partial charge >= 0.3 is 0 Å². The number of halogens is 2. The Morgan fingerprint density at radius 3 is 2.62 bits per heavy atom. The topological polar surface area (TPSA) is 90.3 Å². The Balaban J connectivity index is 1.97. The fraction of sp³-hybridized carbons (Fsp3) is 0.0556. The molecule has 0 amide bonds. The second-order valence-electron chi connectivity index (χ2n) is 5.48. The molecule has 2 aromatic carbocycles. The molecule has 0 saturated carbocycles. The highest BCUT2D eigenvalue weighted by Gasteiger charge is 2.11. The Labute approximate surface area is 152 Å². The molecule has 0 radical (unpaired) electrons. The second kappa shape index (κ2) is 6.97. The number of nitrogens with one attached hydrogen (secondary N) is 1. The smallest absolute Gasteiger partial charge is 0.280 e. The molecule has 0 aliphatic rings. The normalized spacial score (nSPS) is 11.2. The summed E-state index contributed by atoms with van der Waals surface area (Å²) in [5.74, 6) is -1.82. The van der Waals surface area contributed by atoms with Crippen LogP contribution in [0.3, 0.4) is 0 Å². The lowest BCUT2D eigenvalue weighted by atomic mass is 10.2. The molecular formula is C18H12ClFN3O3-. The summed E-state index contributed by atoms with van der Waals surface area (Å²) >= 11 is 5.78. The zero-order chi connectivity index (χ0) is 18.8. The highest BCUT2D eigenvalue weighted by Crippen LogP contribution is 2.22. The van der Waals surface area contributed by atoms with Crippen LogP contribution in [0.25, 0.3) is 5.69 Å². The molecule has 132 valence electrons. The van der Waals surface area contributed by atoms with Crippen molar-refractivity contribution < 1.29 is 14.3 Å². The van der Waals surface area contributed by atoms with Crippen molar-refractivity contribution in [2.24, 2.45) is 4.99 Å². The maximum Gasteiger partial charge on any atom is 0.280 e. The summed E-state index contributed by atoms with van der Waals surface area (Å²) in [5, 5.41) is 13.9. The van der Waals surface area contributed by atoms with Gasteiger partial charge in [-0.15, -0.1) is 0 Å². The van der Waals surface area contributed by atoms with Crippen molar-refractivity contribution in [2.75, 3.05) is 0 Å². The number of aliphatic imine (C=N–C) groups is 1. The molecular weight excluding hydrogens is 361 g/mol. The van der Waals surface area contributed by atoms with Crippen LogP contribution in [0, 0.1) is 12.7 Å². The van der Waals surface area contributed by atoms with Crippen molar-refractivity contribution >= 4 is 29.5 Å². The first kappa shape index (κ1) is 17.6. The summed E-state index contributed by atoms with van der Waals surface area (Å²) < 4.78 is 14.3. The van der Waals surface area contributed by atoms with Gasteiger partial charge in [0.05, 0.1) is 22.9 Å². The number of nitrogens with zero attached hydrogens (tertiary/aromatic N) is 2. The number of benzene rings is 2. The number of carboxylic acids is 1. The number of carbonyl (C=O) groups is 1. The van der Waals surface area contributed by atoms with Crippen molar-refractivity contribution in [3.63, 3.8) is 0 Å². The van der Waals surface area contributed by atoms with Gasteiger partial charge in [0.1, 0.15) is 5.82 Å². The van der Waals surface area contributed by atoms with Crippen LogP contribution in [-0.4, -0.2) is 22.0 Å². The third-order valence-electron chi connectivity index (χ3n) is 3.71. The van der Waals surface area contributed by atoms with Crippen LogP contribution in [0.2, 0.25) is 5.02 Å². The monoisotopic (exact) mass is 372 g/mol. The Bertz CT molecular complexity index is 1070. The van der Waals surface area contributed by atoms with Crippen LogP contribution in [-0.2, 0) is 0 Å². The number of H-pyrrole nitrogens is 1. The fourth-order valence-electron chi connectivity index (χ4n) is 2.37. The number of aromatic nitrogens is 2. The van der Waals surface area contributed by atoms with Crippen molar-refractivity contribution in [2.45, 2.75) is 6.92 Å². The van der Waals surface area contributed by atoms with Gasteiger partial charge in [0.15, 0.2) is 0 Å².